The maximum Gasteiger partial charge on any atom is 0.323 e. The van der Waals surface area contributed by atoms with E-state index in [2.05, 4.69) is 15.9 Å². The van der Waals surface area contributed by atoms with E-state index in [0.717, 1.165) is 21.4 Å². The summed E-state index contributed by atoms with van der Waals surface area (Å²) in [5.41, 5.74) is 0.736. The molecule has 1 atom stereocenters. The number of hydrogen-bond donors (Lipinski definition) is 1. The van der Waals surface area contributed by atoms with Gasteiger partial charge in [-0.3, -0.25) is 10.1 Å². The third-order valence-electron chi connectivity index (χ3n) is 2.66. The topological polar surface area (TPSA) is 72.6 Å². The van der Waals surface area contributed by atoms with Gasteiger partial charge in [-0.1, -0.05) is 33.3 Å². The highest BCUT2D eigenvalue weighted by molar-refractivity contribution is 9.10. The number of halogens is 1. The van der Waals surface area contributed by atoms with Gasteiger partial charge in [-0.25, -0.2) is 0 Å². The molecule has 0 spiro atoms. The summed E-state index contributed by atoms with van der Waals surface area (Å²) in [5.74, 6) is 0.543. The Morgan fingerprint density at radius 2 is 2.15 bits per heavy atom. The summed E-state index contributed by atoms with van der Waals surface area (Å²) in [6, 6.07) is 6.82. The van der Waals surface area contributed by atoms with Crippen LogP contribution in [-0.4, -0.2) is 10.0 Å². The minimum absolute atomic E-state index is 0.134. The van der Waals surface area contributed by atoms with Crippen LogP contribution >= 0.6 is 27.3 Å². The molecule has 106 valence electrons. The molecule has 0 saturated carbocycles. The molecule has 2 aromatic rings. The van der Waals surface area contributed by atoms with Crippen LogP contribution in [0.15, 0.2) is 28.7 Å². The number of benzene rings is 1. The lowest BCUT2D eigenvalue weighted by Crippen LogP contribution is -1.91. The van der Waals surface area contributed by atoms with Crippen LogP contribution in [0.5, 0.6) is 10.8 Å². The van der Waals surface area contributed by atoms with E-state index in [9.17, 15) is 15.2 Å². The van der Waals surface area contributed by atoms with Crippen LogP contribution < -0.4 is 4.74 Å². The lowest BCUT2D eigenvalue weighted by atomic mass is 10.2. The Balaban J connectivity index is 2.42. The van der Waals surface area contributed by atoms with Gasteiger partial charge in [0.25, 0.3) is 5.06 Å². The fourth-order valence-electron chi connectivity index (χ4n) is 1.57. The van der Waals surface area contributed by atoms with Crippen LogP contribution in [-0.2, 0) is 0 Å². The molecular weight excluding hydrogens is 346 g/mol. The number of rotatable bonds is 4. The summed E-state index contributed by atoms with van der Waals surface area (Å²) in [4.78, 5) is 11.0. The molecular formula is C13H12BrNO4S. The molecule has 0 saturated heterocycles. The maximum absolute atomic E-state index is 11.0. The van der Waals surface area contributed by atoms with Crippen molar-refractivity contribution >= 4 is 33.0 Å². The molecule has 1 heterocycles. The Bertz CT molecular complexity index is 654. The first kappa shape index (κ1) is 15.0. The van der Waals surface area contributed by atoms with Crippen molar-refractivity contribution in [3.05, 3.63) is 49.3 Å². The quantitative estimate of drug-likeness (QED) is 0.642. The van der Waals surface area contributed by atoms with Gasteiger partial charge in [0.2, 0.25) is 0 Å². The normalized spacial score (nSPS) is 12.2. The van der Waals surface area contributed by atoms with E-state index in [0.29, 0.717) is 10.6 Å². The van der Waals surface area contributed by atoms with E-state index in [1.54, 1.807) is 13.0 Å². The SMILES string of the molecule is Cc1ccc(Br)cc1Oc1sc(C(C)O)cc1[N+](=O)[O-]. The Labute approximate surface area is 128 Å². The Morgan fingerprint density at radius 3 is 2.75 bits per heavy atom. The summed E-state index contributed by atoms with van der Waals surface area (Å²) < 4.78 is 6.48. The van der Waals surface area contributed by atoms with Crippen molar-refractivity contribution in [1.29, 1.82) is 0 Å². The Hall–Kier alpha value is -1.44. The summed E-state index contributed by atoms with van der Waals surface area (Å²) >= 11 is 4.41. The predicted molar refractivity (Wildman–Crippen MR) is 80.6 cm³/mol. The van der Waals surface area contributed by atoms with Crippen molar-refractivity contribution in [3.8, 4) is 10.8 Å². The molecule has 0 amide bonds. The molecule has 1 N–H and O–H groups in total. The predicted octanol–water partition coefficient (Wildman–Crippen LogP) is 4.57. The van der Waals surface area contributed by atoms with Crippen LogP contribution in [0.25, 0.3) is 0 Å². The average Bonchev–Trinajstić information content (AvgIpc) is 2.78. The fourth-order valence-corrected chi connectivity index (χ4v) is 2.84. The molecule has 0 fully saturated rings. The number of aliphatic hydroxyl groups is 1. The number of ether oxygens (including phenoxy) is 1. The highest BCUT2D eigenvalue weighted by Gasteiger charge is 2.23. The van der Waals surface area contributed by atoms with E-state index in [4.69, 9.17) is 4.74 Å². The molecule has 0 bridgehead atoms. The minimum Gasteiger partial charge on any atom is -0.440 e. The number of hydrogen-bond acceptors (Lipinski definition) is 5. The number of thiophene rings is 1. The fraction of sp³-hybridized carbons (Fsp3) is 0.231. The Morgan fingerprint density at radius 1 is 1.45 bits per heavy atom. The van der Waals surface area contributed by atoms with Crippen LogP contribution in [0.2, 0.25) is 0 Å². The van der Waals surface area contributed by atoms with Gasteiger partial charge in [0.1, 0.15) is 5.75 Å². The zero-order valence-corrected chi connectivity index (χ0v) is 13.2. The van der Waals surface area contributed by atoms with E-state index in [1.165, 1.54) is 6.07 Å². The number of nitro groups is 1. The van der Waals surface area contributed by atoms with Gasteiger partial charge in [-0.05, 0) is 31.5 Å². The monoisotopic (exact) mass is 357 g/mol. The van der Waals surface area contributed by atoms with Gasteiger partial charge in [0.15, 0.2) is 0 Å². The van der Waals surface area contributed by atoms with Crippen molar-refractivity contribution in [3.63, 3.8) is 0 Å². The maximum atomic E-state index is 11.0. The lowest BCUT2D eigenvalue weighted by Gasteiger charge is -2.06. The Kier molecular flexibility index (Phi) is 4.42. The molecule has 0 radical (unpaired) electrons. The first-order valence-corrected chi connectivity index (χ1v) is 7.39. The van der Waals surface area contributed by atoms with E-state index < -0.39 is 11.0 Å². The molecule has 1 aromatic carbocycles. The second-order valence-electron chi connectivity index (χ2n) is 4.27. The van der Waals surface area contributed by atoms with Crippen LogP contribution in [0.3, 0.4) is 0 Å². The van der Waals surface area contributed by atoms with Gasteiger partial charge in [0, 0.05) is 15.4 Å². The van der Waals surface area contributed by atoms with E-state index >= 15 is 0 Å². The van der Waals surface area contributed by atoms with Crippen molar-refractivity contribution in [2.24, 2.45) is 0 Å². The van der Waals surface area contributed by atoms with E-state index in [1.807, 2.05) is 19.1 Å². The molecule has 5 nitrogen and oxygen atoms in total. The van der Waals surface area contributed by atoms with Crippen LogP contribution in [0.1, 0.15) is 23.5 Å². The molecule has 7 heteroatoms. The molecule has 2 rings (SSSR count). The molecule has 0 aliphatic rings. The molecule has 0 aliphatic carbocycles. The van der Waals surface area contributed by atoms with Crippen molar-refractivity contribution in [2.75, 3.05) is 0 Å². The zero-order chi connectivity index (χ0) is 14.9. The minimum atomic E-state index is -0.764. The van der Waals surface area contributed by atoms with Gasteiger partial charge in [0.05, 0.1) is 11.0 Å². The first-order valence-electron chi connectivity index (χ1n) is 5.78. The first-order chi connectivity index (χ1) is 9.38. The third-order valence-corrected chi connectivity index (χ3v) is 4.33. The van der Waals surface area contributed by atoms with Gasteiger partial charge >= 0.3 is 5.69 Å². The molecule has 1 aromatic heterocycles. The number of nitrogens with zero attached hydrogens (tertiary/aromatic N) is 1. The van der Waals surface area contributed by atoms with E-state index in [-0.39, 0.29) is 10.8 Å². The largest absolute Gasteiger partial charge is 0.440 e. The second-order valence-corrected chi connectivity index (χ2v) is 6.23. The second kappa shape index (κ2) is 5.90. The molecule has 20 heavy (non-hydrogen) atoms. The van der Waals surface area contributed by atoms with Gasteiger partial charge in [-0.2, -0.15) is 0 Å². The highest BCUT2D eigenvalue weighted by atomic mass is 79.9. The average molecular weight is 358 g/mol. The van der Waals surface area contributed by atoms with Crippen LogP contribution in [0, 0.1) is 17.0 Å². The standard InChI is InChI=1S/C13H12BrNO4S/c1-7-3-4-9(14)5-11(7)19-13-10(15(17)18)6-12(20-13)8(2)16/h3-6,8,16H,1-2H3. The summed E-state index contributed by atoms with van der Waals surface area (Å²) in [6.45, 7) is 3.42. The summed E-state index contributed by atoms with van der Waals surface area (Å²) in [5, 5.41) is 20.7. The molecule has 1 unspecified atom stereocenters. The van der Waals surface area contributed by atoms with Crippen LogP contribution in [0.4, 0.5) is 5.69 Å². The lowest BCUT2D eigenvalue weighted by molar-refractivity contribution is -0.385. The third kappa shape index (κ3) is 3.17. The zero-order valence-electron chi connectivity index (χ0n) is 10.8. The highest BCUT2D eigenvalue weighted by Crippen LogP contribution is 2.42. The van der Waals surface area contributed by atoms with Gasteiger partial charge < -0.3 is 9.84 Å². The number of aryl methyl sites for hydroxylation is 1. The summed E-state index contributed by atoms with van der Waals surface area (Å²) in [6.07, 6.45) is -0.764. The van der Waals surface area contributed by atoms with Crippen molar-refractivity contribution in [2.45, 2.75) is 20.0 Å². The summed E-state index contributed by atoms with van der Waals surface area (Å²) in [7, 11) is 0. The van der Waals surface area contributed by atoms with Crippen molar-refractivity contribution < 1.29 is 14.8 Å². The van der Waals surface area contributed by atoms with Crippen molar-refractivity contribution in [1.82, 2.24) is 0 Å². The number of aliphatic hydroxyl groups excluding tert-OH is 1. The molecule has 0 aliphatic heterocycles. The van der Waals surface area contributed by atoms with Gasteiger partial charge in [-0.15, -0.1) is 0 Å². The smallest absolute Gasteiger partial charge is 0.323 e.